The van der Waals surface area contributed by atoms with Crippen molar-refractivity contribution >= 4 is 23.2 Å². The van der Waals surface area contributed by atoms with Gasteiger partial charge in [0.1, 0.15) is 0 Å². The number of carbonyl (C=O) groups excluding carboxylic acids is 1. The fourth-order valence-corrected chi connectivity index (χ4v) is 0.890. The van der Waals surface area contributed by atoms with Gasteiger partial charge in [-0.25, -0.2) is 0 Å². The normalized spacial score (nSPS) is 15.2. The molecular formula is C9H11NO2S. The first kappa shape index (κ1) is 9.92. The first-order valence-corrected chi connectivity index (χ1v) is 4.31. The molecule has 0 amide bonds. The van der Waals surface area contributed by atoms with Gasteiger partial charge in [-0.3, -0.25) is 4.79 Å². The second kappa shape index (κ2) is 4.18. The number of thiocarbonyl (C=S) groups is 1. The van der Waals surface area contributed by atoms with E-state index < -0.39 is 0 Å². The van der Waals surface area contributed by atoms with E-state index in [-0.39, 0.29) is 5.78 Å². The Labute approximate surface area is 82.7 Å². The fraction of sp³-hybridized carbons (Fsp3) is 0.333. The lowest BCUT2D eigenvalue weighted by Crippen LogP contribution is -2.24. The first-order valence-electron chi connectivity index (χ1n) is 3.90. The van der Waals surface area contributed by atoms with Gasteiger partial charge in [0, 0.05) is 20.5 Å². The molecule has 0 unspecified atom stereocenters. The molecule has 0 heterocycles. The van der Waals surface area contributed by atoms with E-state index in [0.29, 0.717) is 17.4 Å². The molecule has 0 aromatic heterocycles. The maximum atomic E-state index is 11.2. The summed E-state index contributed by atoms with van der Waals surface area (Å²) in [5, 5.41) is 0.301. The molecule has 4 heteroatoms. The minimum atomic E-state index is -0.0355. The van der Waals surface area contributed by atoms with Crippen molar-refractivity contribution in [1.82, 2.24) is 4.90 Å². The predicted octanol–water partition coefficient (Wildman–Crippen LogP) is 1.26. The number of hydrogen-bond acceptors (Lipinski definition) is 3. The molecule has 13 heavy (non-hydrogen) atoms. The van der Waals surface area contributed by atoms with Crippen LogP contribution in [0.25, 0.3) is 0 Å². The molecule has 70 valence electrons. The number of hydrogen-bond donors (Lipinski definition) is 0. The predicted molar refractivity (Wildman–Crippen MR) is 54.2 cm³/mol. The van der Waals surface area contributed by atoms with Crippen molar-refractivity contribution in [2.75, 3.05) is 14.1 Å². The minimum absolute atomic E-state index is 0.0355. The lowest BCUT2D eigenvalue weighted by Gasteiger charge is -2.15. The van der Waals surface area contributed by atoms with Gasteiger partial charge in [-0.15, -0.1) is 0 Å². The number of Topliss-reactive ketones (excluding diaryl/α,β-unsaturated/α-hetero) is 1. The zero-order valence-electron chi connectivity index (χ0n) is 7.61. The monoisotopic (exact) mass is 197 g/mol. The number of ketones is 1. The molecule has 0 spiro atoms. The molecule has 0 aromatic carbocycles. The molecule has 0 bridgehead atoms. The standard InChI is InChI=1S/C9H11NO2S/c1-10(2)9(13)12-8-6-4-3-5-7(8)11/h3-4,6H,5H2,1-2H3. The topological polar surface area (TPSA) is 29.5 Å². The van der Waals surface area contributed by atoms with Crippen LogP contribution in [0, 0.1) is 0 Å². The van der Waals surface area contributed by atoms with Crippen LogP contribution in [0.1, 0.15) is 6.42 Å². The molecule has 0 saturated carbocycles. The molecule has 0 aromatic rings. The van der Waals surface area contributed by atoms with Crippen molar-refractivity contribution in [3.8, 4) is 0 Å². The smallest absolute Gasteiger partial charge is 0.264 e. The third-order valence-corrected chi connectivity index (χ3v) is 1.97. The van der Waals surface area contributed by atoms with Crippen molar-refractivity contribution in [3.05, 3.63) is 24.0 Å². The molecule has 0 N–H and O–H groups in total. The largest absolute Gasteiger partial charge is 0.428 e. The maximum Gasteiger partial charge on any atom is 0.264 e. The molecule has 0 aliphatic heterocycles. The van der Waals surface area contributed by atoms with Crippen molar-refractivity contribution in [2.24, 2.45) is 0 Å². The quantitative estimate of drug-likeness (QED) is 0.592. The van der Waals surface area contributed by atoms with E-state index in [0.717, 1.165) is 0 Å². The summed E-state index contributed by atoms with van der Waals surface area (Å²) in [5.41, 5.74) is 0. The molecule has 1 aliphatic carbocycles. The van der Waals surface area contributed by atoms with Gasteiger partial charge in [0.2, 0.25) is 5.78 Å². The van der Waals surface area contributed by atoms with Crippen LogP contribution in [0.4, 0.5) is 0 Å². The van der Waals surface area contributed by atoms with Crippen LogP contribution in [0.15, 0.2) is 24.0 Å². The molecule has 0 saturated heterocycles. The highest BCUT2D eigenvalue weighted by atomic mass is 32.1. The van der Waals surface area contributed by atoms with Crippen LogP contribution in [0.2, 0.25) is 0 Å². The van der Waals surface area contributed by atoms with E-state index in [9.17, 15) is 4.79 Å². The van der Waals surface area contributed by atoms with Crippen LogP contribution in [-0.4, -0.2) is 30.0 Å². The van der Waals surface area contributed by atoms with E-state index in [1.165, 1.54) is 0 Å². The highest BCUT2D eigenvalue weighted by Crippen LogP contribution is 2.10. The minimum Gasteiger partial charge on any atom is -0.428 e. The summed E-state index contributed by atoms with van der Waals surface area (Å²) >= 11 is 4.90. The summed E-state index contributed by atoms with van der Waals surface area (Å²) in [4.78, 5) is 12.9. The summed E-state index contributed by atoms with van der Waals surface area (Å²) in [7, 11) is 3.54. The summed E-state index contributed by atoms with van der Waals surface area (Å²) < 4.78 is 5.18. The molecule has 3 nitrogen and oxygen atoms in total. The molecular weight excluding hydrogens is 186 g/mol. The molecule has 0 atom stereocenters. The van der Waals surface area contributed by atoms with Crippen molar-refractivity contribution in [2.45, 2.75) is 6.42 Å². The highest BCUT2D eigenvalue weighted by Gasteiger charge is 2.14. The van der Waals surface area contributed by atoms with Crippen LogP contribution in [0.3, 0.4) is 0 Å². The van der Waals surface area contributed by atoms with Gasteiger partial charge in [0.25, 0.3) is 5.17 Å². The van der Waals surface area contributed by atoms with Gasteiger partial charge in [-0.2, -0.15) is 0 Å². The van der Waals surface area contributed by atoms with Crippen molar-refractivity contribution in [3.63, 3.8) is 0 Å². The van der Waals surface area contributed by atoms with Crippen LogP contribution < -0.4 is 0 Å². The van der Waals surface area contributed by atoms with E-state index in [4.69, 9.17) is 17.0 Å². The number of allylic oxidation sites excluding steroid dienone is 4. The Morgan fingerprint density at radius 3 is 2.85 bits per heavy atom. The van der Waals surface area contributed by atoms with Crippen LogP contribution in [-0.2, 0) is 9.53 Å². The molecule has 1 aliphatic rings. The average molecular weight is 197 g/mol. The van der Waals surface area contributed by atoms with Gasteiger partial charge in [0.15, 0.2) is 5.76 Å². The van der Waals surface area contributed by atoms with Crippen molar-refractivity contribution < 1.29 is 9.53 Å². The van der Waals surface area contributed by atoms with Gasteiger partial charge in [-0.05, 0) is 18.3 Å². The first-order chi connectivity index (χ1) is 6.11. The summed E-state index contributed by atoms with van der Waals surface area (Å²) in [5.74, 6) is 0.285. The number of carbonyl (C=O) groups is 1. The molecule has 1 rings (SSSR count). The average Bonchev–Trinajstić information content (AvgIpc) is 2.08. The third-order valence-electron chi connectivity index (χ3n) is 1.52. The Kier molecular flexibility index (Phi) is 3.19. The lowest BCUT2D eigenvalue weighted by molar-refractivity contribution is -0.117. The van der Waals surface area contributed by atoms with Gasteiger partial charge in [0.05, 0.1) is 0 Å². The van der Waals surface area contributed by atoms with E-state index in [1.807, 2.05) is 0 Å². The zero-order valence-corrected chi connectivity index (χ0v) is 8.43. The van der Waals surface area contributed by atoms with Gasteiger partial charge < -0.3 is 9.64 Å². The SMILES string of the molecule is CN(C)C(=S)OC1=CC=CCC1=O. The Morgan fingerprint density at radius 1 is 1.62 bits per heavy atom. The second-order valence-corrected chi connectivity index (χ2v) is 3.20. The van der Waals surface area contributed by atoms with E-state index >= 15 is 0 Å². The van der Waals surface area contributed by atoms with Crippen LogP contribution in [0.5, 0.6) is 0 Å². The number of ether oxygens (including phenoxy) is 1. The summed E-state index contributed by atoms with van der Waals surface area (Å²) in [6.45, 7) is 0. The van der Waals surface area contributed by atoms with Gasteiger partial charge >= 0.3 is 0 Å². The highest BCUT2D eigenvalue weighted by molar-refractivity contribution is 7.80. The van der Waals surface area contributed by atoms with E-state index in [1.54, 1.807) is 37.2 Å². The second-order valence-electron chi connectivity index (χ2n) is 2.85. The van der Waals surface area contributed by atoms with E-state index in [2.05, 4.69) is 0 Å². The van der Waals surface area contributed by atoms with Crippen molar-refractivity contribution in [1.29, 1.82) is 0 Å². The lowest BCUT2D eigenvalue weighted by atomic mass is 10.1. The Balaban J connectivity index is 2.63. The summed E-state index contributed by atoms with van der Waals surface area (Å²) in [6, 6.07) is 0. The fourth-order valence-electron chi connectivity index (χ4n) is 0.800. The Morgan fingerprint density at radius 2 is 2.31 bits per heavy atom. The number of nitrogens with zero attached hydrogens (tertiary/aromatic N) is 1. The molecule has 0 fully saturated rings. The van der Waals surface area contributed by atoms with Gasteiger partial charge in [-0.1, -0.05) is 12.2 Å². The van der Waals surface area contributed by atoms with Crippen LogP contribution >= 0.6 is 12.2 Å². The number of rotatable bonds is 1. The molecule has 0 radical (unpaired) electrons. The maximum absolute atomic E-state index is 11.2. The summed E-state index contributed by atoms with van der Waals surface area (Å²) in [6.07, 6.45) is 5.59. The Bertz CT molecular complexity index is 292. The zero-order chi connectivity index (χ0) is 9.84. The Hall–Kier alpha value is -1.16. The third kappa shape index (κ3) is 2.66.